The van der Waals surface area contributed by atoms with Gasteiger partial charge in [-0.05, 0) is 54.6 Å². The lowest BCUT2D eigenvalue weighted by atomic mass is 10.0. The molecule has 2 aromatic carbocycles. The standard InChI is InChI=1S/C24H21N3O2S3/c1-14(28)27-12-11-17-20(13-27)32-24(26-22(29)15-7-9-16(30-2)10-8-15)21(17)23-25-18-5-3-4-6-19(18)31-23/h3-10H,11-13H2,1-2H3,(H,26,29). The molecule has 0 aliphatic carbocycles. The van der Waals surface area contributed by atoms with Gasteiger partial charge in [0.25, 0.3) is 5.91 Å². The molecule has 0 unspecified atom stereocenters. The van der Waals surface area contributed by atoms with E-state index >= 15 is 0 Å². The van der Waals surface area contributed by atoms with E-state index in [2.05, 4.69) is 11.4 Å². The fraction of sp³-hybridized carbons (Fsp3) is 0.208. The van der Waals surface area contributed by atoms with Crippen molar-refractivity contribution in [2.24, 2.45) is 0 Å². The number of thioether (sulfide) groups is 1. The molecule has 2 aromatic heterocycles. The second-order valence-corrected chi connectivity index (χ2v) is 10.6. The molecule has 5 rings (SSSR count). The van der Waals surface area contributed by atoms with Crippen molar-refractivity contribution in [3.05, 3.63) is 64.5 Å². The molecule has 0 fully saturated rings. The van der Waals surface area contributed by atoms with Gasteiger partial charge in [-0.3, -0.25) is 9.59 Å². The molecule has 0 radical (unpaired) electrons. The molecule has 1 aliphatic heterocycles. The quantitative estimate of drug-likeness (QED) is 0.370. The van der Waals surface area contributed by atoms with Gasteiger partial charge in [-0.2, -0.15) is 0 Å². The maximum Gasteiger partial charge on any atom is 0.256 e. The van der Waals surface area contributed by atoms with E-state index in [4.69, 9.17) is 4.98 Å². The minimum Gasteiger partial charge on any atom is -0.337 e. The second kappa shape index (κ2) is 8.69. The summed E-state index contributed by atoms with van der Waals surface area (Å²) in [5.74, 6) is -0.0629. The summed E-state index contributed by atoms with van der Waals surface area (Å²) < 4.78 is 1.12. The number of carbonyl (C=O) groups is 2. The molecule has 0 saturated carbocycles. The van der Waals surface area contributed by atoms with E-state index in [-0.39, 0.29) is 11.8 Å². The number of benzene rings is 2. The molecule has 2 amide bonds. The average Bonchev–Trinajstić information content (AvgIpc) is 3.38. The fourth-order valence-electron chi connectivity index (χ4n) is 3.88. The lowest BCUT2D eigenvalue weighted by molar-refractivity contribution is -0.129. The predicted octanol–water partition coefficient (Wildman–Crippen LogP) is 5.90. The number of amides is 2. The Bertz CT molecular complexity index is 1290. The molecule has 0 atom stereocenters. The number of nitrogens with one attached hydrogen (secondary N) is 1. The van der Waals surface area contributed by atoms with Gasteiger partial charge in [-0.1, -0.05) is 12.1 Å². The Kier molecular flexibility index (Phi) is 5.75. The van der Waals surface area contributed by atoms with Crippen LogP contribution in [0.25, 0.3) is 20.8 Å². The number of nitrogens with zero attached hydrogens (tertiary/aromatic N) is 2. The molecule has 8 heteroatoms. The highest BCUT2D eigenvalue weighted by Gasteiger charge is 2.28. The summed E-state index contributed by atoms with van der Waals surface area (Å²) in [6, 6.07) is 15.7. The maximum atomic E-state index is 13.1. The van der Waals surface area contributed by atoms with Gasteiger partial charge in [0.05, 0.1) is 16.8 Å². The molecule has 0 spiro atoms. The van der Waals surface area contributed by atoms with Crippen molar-refractivity contribution in [2.45, 2.75) is 24.8 Å². The zero-order valence-corrected chi connectivity index (χ0v) is 20.1. The lowest BCUT2D eigenvalue weighted by Gasteiger charge is -2.26. The Labute approximate surface area is 198 Å². The van der Waals surface area contributed by atoms with Crippen molar-refractivity contribution in [3.63, 3.8) is 0 Å². The zero-order chi connectivity index (χ0) is 22.2. The molecule has 5 nitrogen and oxygen atoms in total. The Hall–Kier alpha value is -2.68. The number of carbonyl (C=O) groups excluding carboxylic acids is 2. The van der Waals surface area contributed by atoms with Crippen molar-refractivity contribution in [1.29, 1.82) is 0 Å². The number of hydrogen-bond donors (Lipinski definition) is 1. The monoisotopic (exact) mass is 479 g/mol. The molecule has 0 saturated heterocycles. The lowest BCUT2D eigenvalue weighted by Crippen LogP contribution is -2.33. The van der Waals surface area contributed by atoms with Crippen LogP contribution in [0, 0.1) is 0 Å². The van der Waals surface area contributed by atoms with Gasteiger partial charge in [-0.25, -0.2) is 4.98 Å². The number of thiazole rings is 1. The highest BCUT2D eigenvalue weighted by molar-refractivity contribution is 7.98. The van der Waals surface area contributed by atoms with Crippen molar-refractivity contribution in [3.8, 4) is 10.6 Å². The van der Waals surface area contributed by atoms with Gasteiger partial charge in [0.1, 0.15) is 10.0 Å². The second-order valence-electron chi connectivity index (χ2n) is 7.57. The Morgan fingerprint density at radius 2 is 1.88 bits per heavy atom. The van der Waals surface area contributed by atoms with Gasteiger partial charge in [0.15, 0.2) is 0 Å². The predicted molar refractivity (Wildman–Crippen MR) is 134 cm³/mol. The topological polar surface area (TPSA) is 62.3 Å². The van der Waals surface area contributed by atoms with Gasteiger partial charge >= 0.3 is 0 Å². The largest absolute Gasteiger partial charge is 0.337 e. The number of para-hydroxylation sites is 1. The SMILES string of the molecule is CSc1ccc(C(=O)Nc2sc3c(c2-c2nc4ccccc4s2)CCN(C(C)=O)C3)cc1. The molecular weight excluding hydrogens is 458 g/mol. The van der Waals surface area contributed by atoms with Crippen molar-refractivity contribution in [2.75, 3.05) is 18.1 Å². The van der Waals surface area contributed by atoms with Gasteiger partial charge in [0.2, 0.25) is 5.91 Å². The molecule has 162 valence electrons. The first-order valence-electron chi connectivity index (χ1n) is 10.2. The number of anilines is 1. The van der Waals surface area contributed by atoms with Crippen LogP contribution in [-0.4, -0.2) is 34.5 Å². The van der Waals surface area contributed by atoms with Gasteiger partial charge in [0, 0.05) is 34.4 Å². The van der Waals surface area contributed by atoms with E-state index in [1.807, 2.05) is 53.6 Å². The highest BCUT2D eigenvalue weighted by atomic mass is 32.2. The molecule has 0 bridgehead atoms. The van der Waals surface area contributed by atoms with Crippen molar-refractivity contribution in [1.82, 2.24) is 9.88 Å². The molecular formula is C24H21N3O2S3. The third kappa shape index (κ3) is 3.94. The number of thiophene rings is 1. The van der Waals surface area contributed by atoms with Crippen LogP contribution in [0.5, 0.6) is 0 Å². The minimum absolute atomic E-state index is 0.0741. The summed E-state index contributed by atoms with van der Waals surface area (Å²) in [6.45, 7) is 2.86. The van der Waals surface area contributed by atoms with Crippen LogP contribution >= 0.6 is 34.4 Å². The van der Waals surface area contributed by atoms with Gasteiger partial charge in [-0.15, -0.1) is 34.4 Å². The third-order valence-electron chi connectivity index (χ3n) is 5.59. The van der Waals surface area contributed by atoms with Crippen LogP contribution in [-0.2, 0) is 17.8 Å². The third-order valence-corrected chi connectivity index (χ3v) is 8.52. The van der Waals surface area contributed by atoms with Crippen molar-refractivity contribution >= 4 is 61.5 Å². The maximum absolute atomic E-state index is 13.1. The van der Waals surface area contributed by atoms with E-state index in [1.54, 1.807) is 41.4 Å². The highest BCUT2D eigenvalue weighted by Crippen LogP contribution is 2.45. The summed E-state index contributed by atoms with van der Waals surface area (Å²) in [4.78, 5) is 34.0. The number of aromatic nitrogens is 1. The fourth-order valence-corrected chi connectivity index (χ4v) is 6.66. The van der Waals surface area contributed by atoms with E-state index in [0.717, 1.165) is 42.0 Å². The first kappa shape index (κ1) is 21.2. The average molecular weight is 480 g/mol. The Morgan fingerprint density at radius 1 is 1.09 bits per heavy atom. The first-order chi connectivity index (χ1) is 15.5. The summed E-state index contributed by atoms with van der Waals surface area (Å²) >= 11 is 4.84. The van der Waals surface area contributed by atoms with Gasteiger partial charge < -0.3 is 10.2 Å². The van der Waals surface area contributed by atoms with E-state index < -0.39 is 0 Å². The molecule has 1 N–H and O–H groups in total. The minimum atomic E-state index is -0.137. The molecule has 32 heavy (non-hydrogen) atoms. The van der Waals surface area contributed by atoms with E-state index in [9.17, 15) is 9.59 Å². The molecule has 4 aromatic rings. The molecule has 1 aliphatic rings. The summed E-state index contributed by atoms with van der Waals surface area (Å²) in [6.07, 6.45) is 2.77. The van der Waals surface area contributed by atoms with Crippen LogP contribution in [0.3, 0.4) is 0 Å². The van der Waals surface area contributed by atoms with E-state index in [1.165, 1.54) is 5.56 Å². The summed E-state index contributed by atoms with van der Waals surface area (Å²) in [5, 5.41) is 4.86. The molecule has 3 heterocycles. The normalized spacial score (nSPS) is 13.2. The van der Waals surface area contributed by atoms with Crippen LogP contribution in [0.2, 0.25) is 0 Å². The number of fused-ring (bicyclic) bond motifs is 2. The Morgan fingerprint density at radius 3 is 2.59 bits per heavy atom. The van der Waals surface area contributed by atoms with E-state index in [0.29, 0.717) is 18.7 Å². The van der Waals surface area contributed by atoms with Crippen LogP contribution in [0.4, 0.5) is 5.00 Å². The first-order valence-corrected chi connectivity index (χ1v) is 13.1. The smallest absolute Gasteiger partial charge is 0.256 e. The Balaban J connectivity index is 1.56. The van der Waals surface area contributed by atoms with Crippen LogP contribution in [0.15, 0.2) is 53.4 Å². The van der Waals surface area contributed by atoms with Crippen LogP contribution < -0.4 is 5.32 Å². The number of hydrogen-bond acceptors (Lipinski definition) is 6. The van der Waals surface area contributed by atoms with Crippen molar-refractivity contribution < 1.29 is 9.59 Å². The number of rotatable bonds is 4. The van der Waals surface area contributed by atoms with Crippen LogP contribution in [0.1, 0.15) is 27.7 Å². The summed E-state index contributed by atoms with van der Waals surface area (Å²) in [5.41, 5.74) is 3.77. The summed E-state index contributed by atoms with van der Waals surface area (Å²) in [7, 11) is 0. The zero-order valence-electron chi connectivity index (χ0n) is 17.7.